The Balaban J connectivity index is 2.09. The van der Waals surface area contributed by atoms with Gasteiger partial charge in [-0.15, -0.1) is 0 Å². The molecule has 0 radical (unpaired) electrons. The van der Waals surface area contributed by atoms with Crippen LogP contribution in [0.15, 0.2) is 35.4 Å². The van der Waals surface area contributed by atoms with Crippen molar-refractivity contribution in [3.05, 3.63) is 46.3 Å². The first kappa shape index (κ1) is 16.3. The van der Waals surface area contributed by atoms with Crippen LogP contribution in [-0.2, 0) is 14.2 Å². The van der Waals surface area contributed by atoms with E-state index in [4.69, 9.17) is 19.7 Å². The summed E-state index contributed by atoms with van der Waals surface area (Å²) in [6, 6.07) is 7.59. The van der Waals surface area contributed by atoms with Gasteiger partial charge in [0, 0.05) is 12.0 Å². The van der Waals surface area contributed by atoms with E-state index in [1.807, 2.05) is 0 Å². The molecule has 2 rings (SSSR count). The number of rotatable bonds is 5. The number of aliphatic hydroxyl groups excluding tert-OH is 1. The smallest absolute Gasteiger partial charge is 0.338 e. The predicted molar refractivity (Wildman–Crippen MR) is 75.9 cm³/mol. The molecule has 0 bridgehead atoms. The second kappa shape index (κ2) is 7.24. The lowest BCUT2D eigenvalue weighted by molar-refractivity contribution is -0.162. The van der Waals surface area contributed by atoms with E-state index in [-0.39, 0.29) is 0 Å². The van der Waals surface area contributed by atoms with E-state index >= 15 is 0 Å². The third-order valence-electron chi connectivity index (χ3n) is 3.44. The quantitative estimate of drug-likeness (QED) is 0.384. The number of carbonyl (C=O) groups is 1. The van der Waals surface area contributed by atoms with Gasteiger partial charge < -0.3 is 19.3 Å². The number of hydrogen-bond acceptors (Lipinski definition) is 6. The van der Waals surface area contributed by atoms with Crippen molar-refractivity contribution in [2.45, 2.75) is 37.6 Å². The van der Waals surface area contributed by atoms with Crippen LogP contribution in [0.2, 0.25) is 0 Å². The summed E-state index contributed by atoms with van der Waals surface area (Å²) in [5.74, 6) is -0.522. The Labute approximate surface area is 127 Å². The van der Waals surface area contributed by atoms with E-state index in [1.54, 1.807) is 37.3 Å². The maximum atomic E-state index is 12.0. The highest BCUT2D eigenvalue weighted by atomic mass is 16.7. The molecule has 0 aromatic heterocycles. The van der Waals surface area contributed by atoms with Gasteiger partial charge in [-0.1, -0.05) is 23.3 Å². The molecule has 8 heteroatoms. The summed E-state index contributed by atoms with van der Waals surface area (Å²) in [4.78, 5) is 14.7. The van der Waals surface area contributed by atoms with Gasteiger partial charge >= 0.3 is 5.97 Å². The first-order valence-electron chi connectivity index (χ1n) is 6.75. The molecule has 1 heterocycles. The molecule has 0 saturated carbocycles. The van der Waals surface area contributed by atoms with Crippen LogP contribution in [-0.4, -0.2) is 48.8 Å². The van der Waals surface area contributed by atoms with E-state index in [0.717, 1.165) is 0 Å². The van der Waals surface area contributed by atoms with Crippen molar-refractivity contribution in [2.75, 3.05) is 7.11 Å². The van der Waals surface area contributed by atoms with Crippen molar-refractivity contribution in [3.63, 3.8) is 0 Å². The zero-order valence-corrected chi connectivity index (χ0v) is 12.2. The lowest BCUT2D eigenvalue weighted by atomic mass is 10.0. The van der Waals surface area contributed by atoms with Crippen molar-refractivity contribution in [1.29, 1.82) is 0 Å². The summed E-state index contributed by atoms with van der Waals surface area (Å²) >= 11 is 0. The number of nitrogens with zero attached hydrogens (tertiary/aromatic N) is 3. The Kier molecular flexibility index (Phi) is 5.35. The topological polar surface area (TPSA) is 114 Å². The monoisotopic (exact) mass is 307 g/mol. The number of aliphatic hydroxyl groups is 1. The van der Waals surface area contributed by atoms with Gasteiger partial charge in [0.15, 0.2) is 6.29 Å². The van der Waals surface area contributed by atoms with Crippen molar-refractivity contribution in [3.8, 4) is 0 Å². The molecule has 1 saturated heterocycles. The molecule has 1 aromatic carbocycles. The Hall–Kier alpha value is -2.12. The third kappa shape index (κ3) is 3.37. The summed E-state index contributed by atoms with van der Waals surface area (Å²) in [5, 5.41) is 13.5. The molecule has 0 amide bonds. The van der Waals surface area contributed by atoms with Gasteiger partial charge in [0.1, 0.15) is 18.3 Å². The lowest BCUT2D eigenvalue weighted by Gasteiger charge is -2.22. The average molecular weight is 307 g/mol. The van der Waals surface area contributed by atoms with Crippen molar-refractivity contribution in [2.24, 2.45) is 5.11 Å². The van der Waals surface area contributed by atoms with E-state index in [0.29, 0.717) is 5.56 Å². The van der Waals surface area contributed by atoms with Crippen LogP contribution in [0, 0.1) is 0 Å². The fourth-order valence-corrected chi connectivity index (χ4v) is 2.33. The average Bonchev–Trinajstić information content (AvgIpc) is 2.85. The van der Waals surface area contributed by atoms with Gasteiger partial charge in [-0.25, -0.2) is 4.79 Å². The van der Waals surface area contributed by atoms with Crippen LogP contribution < -0.4 is 0 Å². The number of esters is 1. The van der Waals surface area contributed by atoms with Gasteiger partial charge in [-0.3, -0.25) is 0 Å². The summed E-state index contributed by atoms with van der Waals surface area (Å²) in [6.45, 7) is 1.61. The second-order valence-corrected chi connectivity index (χ2v) is 4.87. The fraction of sp³-hybridized carbons (Fsp3) is 0.500. The van der Waals surface area contributed by atoms with Gasteiger partial charge in [0.25, 0.3) is 0 Å². The van der Waals surface area contributed by atoms with Gasteiger partial charge in [0.05, 0.1) is 11.6 Å². The van der Waals surface area contributed by atoms with Crippen LogP contribution in [0.25, 0.3) is 10.4 Å². The molecule has 22 heavy (non-hydrogen) atoms. The molecule has 1 aromatic rings. The van der Waals surface area contributed by atoms with E-state index in [1.165, 1.54) is 7.11 Å². The molecular formula is C14H17N3O5. The molecule has 1 fully saturated rings. The summed E-state index contributed by atoms with van der Waals surface area (Å²) in [7, 11) is 1.37. The zero-order chi connectivity index (χ0) is 16.1. The van der Waals surface area contributed by atoms with Crippen LogP contribution >= 0.6 is 0 Å². The van der Waals surface area contributed by atoms with Crippen LogP contribution in [0.4, 0.5) is 0 Å². The standard InChI is InChI=1S/C14H17N3O5/c1-8(21-13(19)9-6-4-3-5-7-9)12-10(16-17-15)11(18)14(20-2)22-12/h3-8,10-12,14,18H,1-2H3/t8-,10-,11+,12+,14+/m0/s1. The maximum absolute atomic E-state index is 12.0. The number of azide groups is 1. The number of carbonyl (C=O) groups excluding carboxylic acids is 1. The normalized spacial score (nSPS) is 28.7. The molecule has 1 aliphatic rings. The molecular weight excluding hydrogens is 290 g/mol. The highest BCUT2D eigenvalue weighted by Gasteiger charge is 2.47. The van der Waals surface area contributed by atoms with E-state index < -0.39 is 36.6 Å². The number of methoxy groups -OCH3 is 1. The van der Waals surface area contributed by atoms with Crippen molar-refractivity contribution in [1.82, 2.24) is 0 Å². The Morgan fingerprint density at radius 1 is 1.45 bits per heavy atom. The Morgan fingerprint density at radius 2 is 2.14 bits per heavy atom. The minimum absolute atomic E-state index is 0.400. The first-order chi connectivity index (χ1) is 10.6. The molecule has 0 aliphatic carbocycles. The summed E-state index contributed by atoms with van der Waals surface area (Å²) in [5.41, 5.74) is 9.01. The second-order valence-electron chi connectivity index (χ2n) is 4.87. The minimum Gasteiger partial charge on any atom is -0.456 e. The molecule has 1 aliphatic heterocycles. The molecule has 118 valence electrons. The van der Waals surface area contributed by atoms with Crippen molar-refractivity contribution < 1.29 is 24.1 Å². The predicted octanol–water partition coefficient (Wildman–Crippen LogP) is 1.64. The SMILES string of the molecule is CO[C@@H]1O[C@H]([C@H](C)OC(=O)c2ccccc2)[C@@H](N=[N+]=[N-])[C@H]1O. The molecule has 1 N–H and O–H groups in total. The highest BCUT2D eigenvalue weighted by Crippen LogP contribution is 2.28. The van der Waals surface area contributed by atoms with Gasteiger partial charge in [0.2, 0.25) is 0 Å². The largest absolute Gasteiger partial charge is 0.456 e. The van der Waals surface area contributed by atoms with Crippen LogP contribution in [0.1, 0.15) is 17.3 Å². The number of hydrogen-bond donors (Lipinski definition) is 1. The third-order valence-corrected chi connectivity index (χ3v) is 3.44. The Morgan fingerprint density at radius 3 is 2.73 bits per heavy atom. The highest BCUT2D eigenvalue weighted by molar-refractivity contribution is 5.89. The maximum Gasteiger partial charge on any atom is 0.338 e. The first-order valence-corrected chi connectivity index (χ1v) is 6.75. The molecule has 8 nitrogen and oxygen atoms in total. The van der Waals surface area contributed by atoms with Crippen LogP contribution in [0.5, 0.6) is 0 Å². The lowest BCUT2D eigenvalue weighted by Crippen LogP contribution is -2.38. The van der Waals surface area contributed by atoms with Gasteiger partial charge in [-0.05, 0) is 24.6 Å². The fourth-order valence-electron chi connectivity index (χ4n) is 2.33. The van der Waals surface area contributed by atoms with Crippen molar-refractivity contribution >= 4 is 5.97 Å². The minimum atomic E-state index is -1.12. The number of benzene rings is 1. The molecule has 5 atom stereocenters. The summed E-state index contributed by atoms with van der Waals surface area (Å²) < 4.78 is 15.8. The van der Waals surface area contributed by atoms with E-state index in [9.17, 15) is 9.90 Å². The van der Waals surface area contributed by atoms with E-state index in [2.05, 4.69) is 10.0 Å². The Bertz CT molecular complexity index is 561. The summed E-state index contributed by atoms with van der Waals surface area (Å²) in [6.07, 6.45) is -3.57. The molecule has 0 unspecified atom stereocenters. The van der Waals surface area contributed by atoms with Gasteiger partial charge in [-0.2, -0.15) is 0 Å². The molecule has 0 spiro atoms. The zero-order valence-electron chi connectivity index (χ0n) is 12.2. The van der Waals surface area contributed by atoms with Crippen LogP contribution in [0.3, 0.4) is 0 Å². The number of ether oxygens (including phenoxy) is 3.